The summed E-state index contributed by atoms with van der Waals surface area (Å²) in [6.07, 6.45) is 4.32. The summed E-state index contributed by atoms with van der Waals surface area (Å²) in [5.74, 6) is 1.12. The van der Waals surface area contributed by atoms with Crippen molar-refractivity contribution in [1.82, 2.24) is 19.9 Å². The first kappa shape index (κ1) is 28.6. The maximum absolute atomic E-state index is 13.1. The molecule has 0 spiro atoms. The summed E-state index contributed by atoms with van der Waals surface area (Å²) in [6, 6.07) is 9.81. The van der Waals surface area contributed by atoms with Crippen molar-refractivity contribution in [3.05, 3.63) is 54.0 Å². The Balaban J connectivity index is 1.22. The number of nitrogens with zero attached hydrogens (tertiary/aromatic N) is 4. The lowest BCUT2D eigenvalue weighted by molar-refractivity contribution is 0.0216. The van der Waals surface area contributed by atoms with Crippen LogP contribution < -0.4 is 10.6 Å². The summed E-state index contributed by atoms with van der Waals surface area (Å²) in [4.78, 5) is 19.5. The van der Waals surface area contributed by atoms with Crippen LogP contribution in [0.1, 0.15) is 56.3 Å². The number of anilines is 2. The molecule has 3 fully saturated rings. The lowest BCUT2D eigenvalue weighted by Crippen LogP contribution is -2.36. The Kier molecular flexibility index (Phi) is 7.35. The highest BCUT2D eigenvalue weighted by atomic mass is 32.2. The van der Waals surface area contributed by atoms with Crippen LogP contribution in [0.15, 0.2) is 47.5 Å². The Morgan fingerprint density at radius 1 is 1.02 bits per heavy atom. The molecule has 5 atom stereocenters. The first-order chi connectivity index (χ1) is 20.7. The molecule has 43 heavy (non-hydrogen) atoms. The SMILES string of the molecule is Cc1nc(N[C@H](C)C2CC2)nc(N[C@@H]2C[C@H](CS(=O)(=O)c3ccccc3)[C@@H](O)[C@H]2O)c1-c1nc2c(C3CC3)nccc2s1. The summed E-state index contributed by atoms with van der Waals surface area (Å²) in [5.41, 5.74) is 3.40. The molecular weight excluding hydrogens is 585 g/mol. The average molecular weight is 621 g/mol. The number of hydrogen-bond acceptors (Lipinski definition) is 11. The van der Waals surface area contributed by atoms with Crippen LogP contribution in [0.5, 0.6) is 0 Å². The molecule has 0 aliphatic heterocycles. The van der Waals surface area contributed by atoms with E-state index < -0.39 is 34.0 Å². The quantitative estimate of drug-likeness (QED) is 0.199. The van der Waals surface area contributed by atoms with E-state index in [-0.39, 0.29) is 23.1 Å². The van der Waals surface area contributed by atoms with Gasteiger partial charge in [0.2, 0.25) is 5.95 Å². The molecule has 4 N–H and O–H groups in total. The second-order valence-electron chi connectivity index (χ2n) is 12.3. The molecule has 4 aromatic rings. The largest absolute Gasteiger partial charge is 0.390 e. The van der Waals surface area contributed by atoms with Crippen molar-refractivity contribution in [2.75, 3.05) is 16.4 Å². The van der Waals surface area contributed by atoms with Crippen LogP contribution in [-0.4, -0.2) is 68.6 Å². The fourth-order valence-electron chi connectivity index (χ4n) is 6.17. The highest BCUT2D eigenvalue weighted by molar-refractivity contribution is 7.91. The molecule has 3 saturated carbocycles. The minimum atomic E-state index is -3.65. The molecule has 3 heterocycles. The molecule has 10 nitrogen and oxygen atoms in total. The fourth-order valence-corrected chi connectivity index (χ4v) is 8.90. The molecule has 0 bridgehead atoms. The molecule has 3 aliphatic rings. The number of benzene rings is 1. The fraction of sp³-hybridized carbons (Fsp3) is 0.484. The molecule has 12 heteroatoms. The van der Waals surface area contributed by atoms with Crippen molar-refractivity contribution in [3.8, 4) is 10.6 Å². The predicted octanol–water partition coefficient (Wildman–Crippen LogP) is 4.54. The lowest BCUT2D eigenvalue weighted by atomic mass is 10.1. The first-order valence-corrected chi connectivity index (χ1v) is 17.5. The Bertz CT molecular complexity index is 1760. The first-order valence-electron chi connectivity index (χ1n) is 15.0. The number of hydrogen-bond donors (Lipinski definition) is 4. The number of aliphatic hydroxyl groups excluding tert-OH is 2. The van der Waals surface area contributed by atoms with E-state index in [4.69, 9.17) is 15.0 Å². The number of aliphatic hydroxyl groups is 2. The third-order valence-electron chi connectivity index (χ3n) is 8.95. The van der Waals surface area contributed by atoms with Crippen molar-refractivity contribution >= 4 is 43.2 Å². The Morgan fingerprint density at radius 2 is 1.79 bits per heavy atom. The van der Waals surface area contributed by atoms with E-state index in [9.17, 15) is 18.6 Å². The average Bonchev–Trinajstić information content (AvgIpc) is 3.92. The zero-order valence-corrected chi connectivity index (χ0v) is 25.8. The number of pyridine rings is 1. The number of fused-ring (bicyclic) bond motifs is 1. The second-order valence-corrected chi connectivity index (χ2v) is 15.4. The van der Waals surface area contributed by atoms with Crippen molar-refractivity contribution in [2.45, 2.75) is 81.1 Å². The van der Waals surface area contributed by atoms with Gasteiger partial charge in [0.25, 0.3) is 0 Å². The van der Waals surface area contributed by atoms with Gasteiger partial charge < -0.3 is 20.8 Å². The number of rotatable bonds is 10. The molecule has 7 rings (SSSR count). The van der Waals surface area contributed by atoms with E-state index in [1.54, 1.807) is 41.7 Å². The van der Waals surface area contributed by atoms with Crippen LogP contribution in [0, 0.1) is 18.8 Å². The van der Waals surface area contributed by atoms with E-state index in [1.165, 1.54) is 12.8 Å². The van der Waals surface area contributed by atoms with Gasteiger partial charge in [0.05, 0.1) is 44.4 Å². The van der Waals surface area contributed by atoms with Crippen LogP contribution in [0.3, 0.4) is 0 Å². The Morgan fingerprint density at radius 3 is 2.51 bits per heavy atom. The molecule has 1 aromatic carbocycles. The van der Waals surface area contributed by atoms with E-state index in [0.717, 1.165) is 45.0 Å². The highest BCUT2D eigenvalue weighted by Crippen LogP contribution is 2.45. The van der Waals surface area contributed by atoms with Gasteiger partial charge >= 0.3 is 0 Å². The predicted molar refractivity (Wildman–Crippen MR) is 167 cm³/mol. The maximum Gasteiger partial charge on any atom is 0.225 e. The molecular formula is C31H36N6O4S2. The summed E-state index contributed by atoms with van der Waals surface area (Å²) in [6.45, 7) is 4.06. The number of sulfone groups is 1. The molecule has 0 unspecified atom stereocenters. The van der Waals surface area contributed by atoms with Gasteiger partial charge in [0.1, 0.15) is 22.4 Å². The molecule has 226 valence electrons. The van der Waals surface area contributed by atoms with Gasteiger partial charge in [-0.05, 0) is 70.1 Å². The summed E-state index contributed by atoms with van der Waals surface area (Å²) >= 11 is 1.56. The van der Waals surface area contributed by atoms with Crippen molar-refractivity contribution in [3.63, 3.8) is 0 Å². The zero-order valence-electron chi connectivity index (χ0n) is 24.1. The van der Waals surface area contributed by atoms with Gasteiger partial charge in [-0.25, -0.2) is 18.4 Å². The highest BCUT2D eigenvalue weighted by Gasteiger charge is 2.44. The molecule has 3 aromatic heterocycles. The van der Waals surface area contributed by atoms with E-state index in [0.29, 0.717) is 23.6 Å². The Labute approximate surface area is 255 Å². The monoisotopic (exact) mass is 620 g/mol. The molecule has 0 saturated heterocycles. The van der Waals surface area contributed by atoms with Gasteiger partial charge in [0.15, 0.2) is 9.84 Å². The van der Waals surface area contributed by atoms with E-state index in [2.05, 4.69) is 22.5 Å². The Hall–Kier alpha value is -3.19. The van der Waals surface area contributed by atoms with Gasteiger partial charge in [-0.15, -0.1) is 11.3 Å². The van der Waals surface area contributed by atoms with Crippen LogP contribution in [0.25, 0.3) is 20.8 Å². The zero-order chi connectivity index (χ0) is 29.9. The van der Waals surface area contributed by atoms with Crippen molar-refractivity contribution < 1.29 is 18.6 Å². The second kappa shape index (κ2) is 11.1. The summed E-state index contributed by atoms with van der Waals surface area (Å²) in [5, 5.41) is 29.7. The molecule has 0 amide bonds. The van der Waals surface area contributed by atoms with Gasteiger partial charge in [-0.1, -0.05) is 18.2 Å². The number of aryl methyl sites for hydroxylation is 1. The number of aromatic nitrogens is 4. The normalized spacial score (nSPS) is 24.7. The minimum Gasteiger partial charge on any atom is -0.390 e. The van der Waals surface area contributed by atoms with Crippen LogP contribution in [0.2, 0.25) is 0 Å². The van der Waals surface area contributed by atoms with Gasteiger partial charge in [-0.3, -0.25) is 4.98 Å². The molecule has 3 aliphatic carbocycles. The van der Waals surface area contributed by atoms with E-state index in [1.807, 2.05) is 19.2 Å². The molecule has 0 radical (unpaired) electrons. The van der Waals surface area contributed by atoms with Crippen molar-refractivity contribution in [1.29, 1.82) is 0 Å². The minimum absolute atomic E-state index is 0.207. The smallest absolute Gasteiger partial charge is 0.225 e. The summed E-state index contributed by atoms with van der Waals surface area (Å²) < 4.78 is 27.3. The van der Waals surface area contributed by atoms with Crippen LogP contribution in [-0.2, 0) is 9.84 Å². The lowest BCUT2D eigenvalue weighted by Gasteiger charge is -2.22. The van der Waals surface area contributed by atoms with Crippen LogP contribution >= 0.6 is 11.3 Å². The van der Waals surface area contributed by atoms with Gasteiger partial charge in [0, 0.05) is 24.1 Å². The van der Waals surface area contributed by atoms with Crippen molar-refractivity contribution in [2.24, 2.45) is 11.8 Å². The third-order valence-corrected chi connectivity index (χ3v) is 11.8. The standard InChI is InChI=1S/C31H36N6O4S2/c1-16(18-8-9-18)33-31-34-17(2)24(30-36-26-23(42-30)12-13-32-25(26)19-10-11-19)29(37-31)35-22-14-20(27(38)28(22)39)15-43(40,41)21-6-4-3-5-7-21/h3-7,12-13,16,18-20,22,27-28,38-39H,8-11,14-15H2,1-2H3,(H2,33,34,35,37)/t16-,20-,22-,27-,28+/m1/s1. The van der Waals surface area contributed by atoms with Crippen LogP contribution in [0.4, 0.5) is 11.8 Å². The maximum atomic E-state index is 13.1. The van der Waals surface area contributed by atoms with E-state index >= 15 is 0 Å². The number of nitrogens with one attached hydrogen (secondary N) is 2. The summed E-state index contributed by atoms with van der Waals surface area (Å²) in [7, 11) is -3.65. The van der Waals surface area contributed by atoms with Gasteiger partial charge in [-0.2, -0.15) is 4.98 Å². The topological polar surface area (TPSA) is 150 Å². The number of thiazole rings is 1. The third kappa shape index (κ3) is 5.73.